The maximum atomic E-state index is 11.2. The summed E-state index contributed by atoms with van der Waals surface area (Å²) in [5.74, 6) is -0.920. The highest BCUT2D eigenvalue weighted by molar-refractivity contribution is 5.88. The number of aromatic carboxylic acids is 1. The minimum atomic E-state index is -0.920. The summed E-state index contributed by atoms with van der Waals surface area (Å²) in [5.41, 5.74) is 8.51. The van der Waals surface area contributed by atoms with E-state index in [2.05, 4.69) is 64.1 Å². The molecule has 0 atom stereocenters. The van der Waals surface area contributed by atoms with Crippen LogP contribution in [0.1, 0.15) is 54.2 Å². The molecule has 0 unspecified atom stereocenters. The smallest absolute Gasteiger partial charge is 0.335 e. The van der Waals surface area contributed by atoms with E-state index in [1.165, 1.54) is 22.3 Å². The van der Waals surface area contributed by atoms with E-state index in [1.807, 2.05) is 12.1 Å². The van der Waals surface area contributed by atoms with Gasteiger partial charge in [-0.2, -0.15) is 0 Å². The number of aryl methyl sites for hydroxylation is 2. The molecule has 0 saturated carbocycles. The van der Waals surface area contributed by atoms with Crippen LogP contribution in [0.15, 0.2) is 60.7 Å². The lowest BCUT2D eigenvalue weighted by atomic mass is 9.81. The molecule has 0 saturated heterocycles. The van der Waals surface area contributed by atoms with E-state index in [0.29, 0.717) is 0 Å². The summed E-state index contributed by atoms with van der Waals surface area (Å²) in [6, 6.07) is 20.0. The largest absolute Gasteiger partial charge is 0.478 e. The number of hydrogen-bond acceptors (Lipinski definition) is 2. The van der Waals surface area contributed by atoms with Crippen molar-refractivity contribution in [3.63, 3.8) is 0 Å². The first-order valence-corrected chi connectivity index (χ1v) is 10.4. The Morgan fingerprint density at radius 3 is 2.10 bits per heavy atom. The van der Waals surface area contributed by atoms with E-state index in [4.69, 9.17) is 5.11 Å². The first-order valence-electron chi connectivity index (χ1n) is 10.4. The van der Waals surface area contributed by atoms with E-state index in [-0.39, 0.29) is 17.6 Å². The van der Waals surface area contributed by atoms with E-state index >= 15 is 0 Å². The Labute approximate surface area is 179 Å². The number of carboxylic acid groups (broad SMARTS) is 1. The Morgan fingerprint density at radius 2 is 1.50 bits per heavy atom. The van der Waals surface area contributed by atoms with Crippen LogP contribution in [0.4, 0.5) is 0 Å². The molecule has 0 aromatic heterocycles. The SMILES string of the molecule is Cc1ccc(-c2cc(-c3ccc(C(=O)O)cc3)ccc2CCCO)cc1C(C)(C)C. The average molecular weight is 403 g/mol. The second-order valence-corrected chi connectivity index (χ2v) is 8.86. The van der Waals surface area contributed by atoms with Gasteiger partial charge >= 0.3 is 5.97 Å². The third-order valence-corrected chi connectivity index (χ3v) is 5.54. The number of aliphatic hydroxyl groups excluding tert-OH is 1. The maximum absolute atomic E-state index is 11.2. The van der Waals surface area contributed by atoms with Crippen LogP contribution >= 0.6 is 0 Å². The molecule has 30 heavy (non-hydrogen) atoms. The summed E-state index contributed by atoms with van der Waals surface area (Å²) < 4.78 is 0. The third kappa shape index (κ3) is 4.80. The van der Waals surface area contributed by atoms with Gasteiger partial charge in [0.2, 0.25) is 0 Å². The Bertz CT molecular complexity index is 1040. The number of carbonyl (C=O) groups is 1. The lowest BCUT2D eigenvalue weighted by Crippen LogP contribution is -2.13. The maximum Gasteiger partial charge on any atom is 0.335 e. The van der Waals surface area contributed by atoms with Gasteiger partial charge in [-0.05, 0) is 82.3 Å². The average Bonchev–Trinajstić information content (AvgIpc) is 2.72. The molecule has 0 radical (unpaired) electrons. The molecule has 0 amide bonds. The van der Waals surface area contributed by atoms with Gasteiger partial charge in [-0.15, -0.1) is 0 Å². The lowest BCUT2D eigenvalue weighted by Gasteiger charge is -2.23. The molecule has 0 aliphatic carbocycles. The number of hydrogen-bond donors (Lipinski definition) is 2. The van der Waals surface area contributed by atoms with Gasteiger partial charge in [0.15, 0.2) is 0 Å². The topological polar surface area (TPSA) is 57.5 Å². The van der Waals surface area contributed by atoms with Gasteiger partial charge < -0.3 is 10.2 Å². The summed E-state index contributed by atoms with van der Waals surface area (Å²) in [6.07, 6.45) is 1.53. The molecule has 0 fully saturated rings. The predicted octanol–water partition coefficient (Wildman–Crippen LogP) is 6.25. The first-order chi connectivity index (χ1) is 14.2. The fraction of sp³-hybridized carbons (Fsp3) is 0.296. The molecule has 0 aliphatic rings. The van der Waals surface area contributed by atoms with Gasteiger partial charge in [0.1, 0.15) is 0 Å². The second-order valence-electron chi connectivity index (χ2n) is 8.86. The number of carboxylic acids is 1. The van der Waals surface area contributed by atoms with Crippen molar-refractivity contribution in [3.8, 4) is 22.3 Å². The van der Waals surface area contributed by atoms with E-state index in [1.54, 1.807) is 12.1 Å². The van der Waals surface area contributed by atoms with Crippen molar-refractivity contribution in [2.24, 2.45) is 0 Å². The summed E-state index contributed by atoms with van der Waals surface area (Å²) >= 11 is 0. The van der Waals surface area contributed by atoms with E-state index in [0.717, 1.165) is 29.5 Å². The molecule has 3 aromatic carbocycles. The van der Waals surface area contributed by atoms with Crippen LogP contribution in [0.25, 0.3) is 22.3 Å². The van der Waals surface area contributed by atoms with Gasteiger partial charge in [0.25, 0.3) is 0 Å². The van der Waals surface area contributed by atoms with Crippen molar-refractivity contribution < 1.29 is 15.0 Å². The molecular formula is C27H30O3. The Balaban J connectivity index is 2.11. The number of rotatable bonds is 6. The normalized spacial score (nSPS) is 11.5. The molecular weight excluding hydrogens is 372 g/mol. The Kier molecular flexibility index (Phi) is 6.42. The quantitative estimate of drug-likeness (QED) is 0.512. The zero-order chi connectivity index (χ0) is 21.9. The molecule has 0 aliphatic heterocycles. The zero-order valence-corrected chi connectivity index (χ0v) is 18.2. The zero-order valence-electron chi connectivity index (χ0n) is 18.2. The van der Waals surface area contributed by atoms with Gasteiger partial charge in [0.05, 0.1) is 5.56 Å². The van der Waals surface area contributed by atoms with Gasteiger partial charge in [-0.25, -0.2) is 4.79 Å². The highest BCUT2D eigenvalue weighted by Crippen LogP contribution is 2.34. The van der Waals surface area contributed by atoms with Gasteiger partial charge in [0, 0.05) is 6.61 Å². The molecule has 0 bridgehead atoms. The number of aliphatic hydroxyl groups is 1. The molecule has 3 aromatic rings. The van der Waals surface area contributed by atoms with Gasteiger partial charge in [-0.3, -0.25) is 0 Å². The van der Waals surface area contributed by atoms with E-state index in [9.17, 15) is 9.90 Å². The van der Waals surface area contributed by atoms with Crippen molar-refractivity contribution in [1.29, 1.82) is 0 Å². The minimum Gasteiger partial charge on any atom is -0.478 e. The predicted molar refractivity (Wildman–Crippen MR) is 123 cm³/mol. The van der Waals surface area contributed by atoms with Crippen LogP contribution < -0.4 is 0 Å². The lowest BCUT2D eigenvalue weighted by molar-refractivity contribution is 0.0697. The van der Waals surface area contributed by atoms with Crippen LogP contribution in [0.2, 0.25) is 0 Å². The highest BCUT2D eigenvalue weighted by atomic mass is 16.4. The molecule has 2 N–H and O–H groups in total. The summed E-state index contributed by atoms with van der Waals surface area (Å²) in [5, 5.41) is 18.5. The van der Waals surface area contributed by atoms with Crippen LogP contribution in [0, 0.1) is 6.92 Å². The van der Waals surface area contributed by atoms with Crippen LogP contribution in [-0.4, -0.2) is 22.8 Å². The van der Waals surface area contributed by atoms with Gasteiger partial charge in [-0.1, -0.05) is 63.2 Å². The van der Waals surface area contributed by atoms with Crippen molar-refractivity contribution in [1.82, 2.24) is 0 Å². The first kappa shape index (κ1) is 21.8. The van der Waals surface area contributed by atoms with Crippen LogP contribution in [0.5, 0.6) is 0 Å². The summed E-state index contributed by atoms with van der Waals surface area (Å²) in [6.45, 7) is 9.00. The summed E-state index contributed by atoms with van der Waals surface area (Å²) in [4.78, 5) is 11.2. The molecule has 3 rings (SSSR count). The van der Waals surface area contributed by atoms with E-state index < -0.39 is 5.97 Å². The molecule has 3 nitrogen and oxygen atoms in total. The minimum absolute atomic E-state index is 0.0512. The molecule has 156 valence electrons. The fourth-order valence-corrected chi connectivity index (χ4v) is 3.92. The molecule has 3 heteroatoms. The monoisotopic (exact) mass is 402 g/mol. The summed E-state index contributed by atoms with van der Waals surface area (Å²) in [7, 11) is 0. The van der Waals surface area contributed by atoms with Crippen LogP contribution in [-0.2, 0) is 11.8 Å². The highest BCUT2D eigenvalue weighted by Gasteiger charge is 2.18. The fourth-order valence-electron chi connectivity index (χ4n) is 3.92. The molecule has 0 heterocycles. The third-order valence-electron chi connectivity index (χ3n) is 5.54. The van der Waals surface area contributed by atoms with Crippen LogP contribution in [0.3, 0.4) is 0 Å². The second kappa shape index (κ2) is 8.85. The van der Waals surface area contributed by atoms with Crippen molar-refractivity contribution in [3.05, 3.63) is 82.9 Å². The standard InChI is InChI=1S/C27H30O3/c1-18-7-8-23(17-25(18)27(2,3)4)24-16-22(14-11-20(24)6-5-15-28)19-9-12-21(13-10-19)26(29)30/h7-14,16-17,28H,5-6,15H2,1-4H3,(H,29,30). The Hall–Kier alpha value is -2.91. The van der Waals surface area contributed by atoms with Crippen molar-refractivity contribution in [2.75, 3.05) is 6.61 Å². The Morgan fingerprint density at radius 1 is 0.867 bits per heavy atom. The molecule has 0 spiro atoms. The van der Waals surface area contributed by atoms with Crippen molar-refractivity contribution >= 4 is 5.97 Å². The number of benzene rings is 3. The van der Waals surface area contributed by atoms with Crippen molar-refractivity contribution in [2.45, 2.75) is 46.0 Å².